The van der Waals surface area contributed by atoms with Gasteiger partial charge in [-0.05, 0) is 33.6 Å². The zero-order valence-corrected chi connectivity index (χ0v) is 12.5. The highest BCUT2D eigenvalue weighted by atomic mass is 32.2. The number of rotatable bonds is 3. The van der Waals surface area contributed by atoms with Crippen molar-refractivity contribution in [2.45, 2.75) is 38.5 Å². The predicted octanol–water partition coefficient (Wildman–Crippen LogP) is 1.17. The number of carboxylic acids is 1. The smallest absolute Gasteiger partial charge is 0.309 e. The molecule has 8 heteroatoms. The van der Waals surface area contributed by atoms with Crippen molar-refractivity contribution in [1.82, 2.24) is 9.46 Å². The number of hydrogen-bond donors (Lipinski definition) is 1. The van der Waals surface area contributed by atoms with Crippen molar-refractivity contribution in [3.05, 3.63) is 11.5 Å². The molecule has 1 saturated heterocycles. The number of sulfonamides is 1. The van der Waals surface area contributed by atoms with E-state index in [0.717, 1.165) is 0 Å². The molecule has 0 saturated carbocycles. The monoisotopic (exact) mass is 302 g/mol. The number of aryl methyl sites for hydroxylation is 2. The summed E-state index contributed by atoms with van der Waals surface area (Å²) in [6, 6.07) is 0. The summed E-state index contributed by atoms with van der Waals surface area (Å²) in [6.45, 7) is 5.16. The van der Waals surface area contributed by atoms with Gasteiger partial charge in [0.25, 0.3) is 0 Å². The highest BCUT2D eigenvalue weighted by Gasteiger charge is 2.41. The van der Waals surface area contributed by atoms with Gasteiger partial charge in [-0.15, -0.1) is 0 Å². The zero-order valence-electron chi connectivity index (χ0n) is 11.7. The second-order valence-corrected chi connectivity index (χ2v) is 7.30. The Morgan fingerprint density at radius 3 is 2.30 bits per heavy atom. The van der Waals surface area contributed by atoms with Crippen LogP contribution in [0, 0.1) is 19.3 Å². The van der Waals surface area contributed by atoms with Crippen molar-refractivity contribution in [3.63, 3.8) is 0 Å². The van der Waals surface area contributed by atoms with E-state index in [2.05, 4.69) is 5.16 Å². The Bertz CT molecular complexity index is 607. The molecule has 1 aromatic rings. The van der Waals surface area contributed by atoms with Crippen molar-refractivity contribution in [1.29, 1.82) is 0 Å². The fraction of sp³-hybridized carbons (Fsp3) is 0.667. The third kappa shape index (κ3) is 2.33. The maximum absolute atomic E-state index is 12.5. The van der Waals surface area contributed by atoms with Crippen LogP contribution in [0.5, 0.6) is 0 Å². The quantitative estimate of drug-likeness (QED) is 0.899. The van der Waals surface area contributed by atoms with E-state index in [9.17, 15) is 13.2 Å². The standard InChI is InChI=1S/C12H18N2O5S/c1-8-10(9(2)19-13-8)20(17,18)14-6-4-12(3,5-7-14)11(15)16/h4-7H2,1-3H3,(H,15,16). The maximum atomic E-state index is 12.5. The average Bonchev–Trinajstić information content (AvgIpc) is 2.70. The van der Waals surface area contributed by atoms with Gasteiger partial charge in [-0.1, -0.05) is 5.16 Å². The first-order chi connectivity index (χ1) is 9.18. The molecule has 20 heavy (non-hydrogen) atoms. The van der Waals surface area contributed by atoms with Gasteiger partial charge in [0.1, 0.15) is 10.6 Å². The second-order valence-electron chi connectivity index (χ2n) is 5.42. The van der Waals surface area contributed by atoms with Gasteiger partial charge in [-0.2, -0.15) is 4.31 Å². The number of carbonyl (C=O) groups is 1. The van der Waals surface area contributed by atoms with Crippen LogP contribution >= 0.6 is 0 Å². The van der Waals surface area contributed by atoms with Crippen LogP contribution in [0.2, 0.25) is 0 Å². The van der Waals surface area contributed by atoms with E-state index in [1.807, 2.05) is 0 Å². The lowest BCUT2D eigenvalue weighted by atomic mass is 9.81. The molecule has 2 rings (SSSR count). The Kier molecular flexibility index (Phi) is 3.64. The summed E-state index contributed by atoms with van der Waals surface area (Å²) in [5, 5.41) is 12.8. The topological polar surface area (TPSA) is 101 Å². The molecular formula is C12H18N2O5S. The van der Waals surface area contributed by atoms with Gasteiger partial charge < -0.3 is 9.63 Å². The largest absolute Gasteiger partial charge is 0.481 e. The average molecular weight is 302 g/mol. The molecule has 1 aliphatic rings. The van der Waals surface area contributed by atoms with E-state index in [4.69, 9.17) is 9.63 Å². The number of aromatic nitrogens is 1. The van der Waals surface area contributed by atoms with Gasteiger partial charge >= 0.3 is 5.97 Å². The Morgan fingerprint density at radius 2 is 1.90 bits per heavy atom. The first-order valence-electron chi connectivity index (χ1n) is 6.35. The molecule has 112 valence electrons. The van der Waals surface area contributed by atoms with E-state index < -0.39 is 21.4 Å². The SMILES string of the molecule is Cc1noc(C)c1S(=O)(=O)N1CCC(C)(C(=O)O)CC1. The van der Waals surface area contributed by atoms with E-state index in [0.29, 0.717) is 18.5 Å². The normalized spacial score (nSPS) is 19.9. The minimum absolute atomic E-state index is 0.0939. The minimum Gasteiger partial charge on any atom is -0.481 e. The third-order valence-corrected chi connectivity index (χ3v) is 6.05. The lowest BCUT2D eigenvalue weighted by molar-refractivity contribution is -0.150. The van der Waals surface area contributed by atoms with E-state index in [-0.39, 0.29) is 23.7 Å². The fourth-order valence-corrected chi connectivity index (χ4v) is 4.14. The van der Waals surface area contributed by atoms with Crippen LogP contribution in [0.4, 0.5) is 0 Å². The molecule has 1 fully saturated rings. The molecule has 0 radical (unpaired) electrons. The lowest BCUT2D eigenvalue weighted by Gasteiger charge is -2.35. The van der Waals surface area contributed by atoms with Crippen molar-refractivity contribution in [3.8, 4) is 0 Å². The number of carboxylic acid groups (broad SMARTS) is 1. The van der Waals surface area contributed by atoms with E-state index in [1.54, 1.807) is 20.8 Å². The summed E-state index contributed by atoms with van der Waals surface area (Å²) < 4.78 is 31.3. The maximum Gasteiger partial charge on any atom is 0.309 e. The Labute approximate surface area is 117 Å². The van der Waals surface area contributed by atoms with Crippen LogP contribution < -0.4 is 0 Å². The number of aliphatic carboxylic acids is 1. The molecule has 2 heterocycles. The molecule has 0 bridgehead atoms. The molecule has 1 N–H and O–H groups in total. The molecule has 0 aliphatic carbocycles. The Morgan fingerprint density at radius 1 is 1.35 bits per heavy atom. The summed E-state index contributed by atoms with van der Waals surface area (Å²) in [5.74, 6) is -0.624. The van der Waals surface area contributed by atoms with Crippen LogP contribution in [0.3, 0.4) is 0 Å². The number of piperidine rings is 1. The van der Waals surface area contributed by atoms with Crippen molar-refractivity contribution >= 4 is 16.0 Å². The first-order valence-corrected chi connectivity index (χ1v) is 7.79. The van der Waals surface area contributed by atoms with Crippen molar-refractivity contribution < 1.29 is 22.8 Å². The summed E-state index contributed by atoms with van der Waals surface area (Å²) >= 11 is 0. The second kappa shape index (κ2) is 4.85. The van der Waals surface area contributed by atoms with Gasteiger partial charge in [-0.3, -0.25) is 4.79 Å². The Hall–Kier alpha value is -1.41. The minimum atomic E-state index is -3.67. The highest BCUT2D eigenvalue weighted by molar-refractivity contribution is 7.89. The molecule has 0 amide bonds. The molecule has 1 aliphatic heterocycles. The molecule has 0 spiro atoms. The first kappa shape index (κ1) is 15.0. The molecular weight excluding hydrogens is 284 g/mol. The van der Waals surface area contributed by atoms with E-state index in [1.165, 1.54) is 4.31 Å². The van der Waals surface area contributed by atoms with Crippen molar-refractivity contribution in [2.24, 2.45) is 5.41 Å². The summed E-state index contributed by atoms with van der Waals surface area (Å²) in [6.07, 6.45) is 0.593. The lowest BCUT2D eigenvalue weighted by Crippen LogP contribution is -2.45. The van der Waals surface area contributed by atoms with Crippen LogP contribution in [0.15, 0.2) is 9.42 Å². The van der Waals surface area contributed by atoms with Gasteiger partial charge in [0.05, 0.1) is 5.41 Å². The fourth-order valence-electron chi connectivity index (χ4n) is 2.41. The van der Waals surface area contributed by atoms with Gasteiger partial charge in [0.2, 0.25) is 10.0 Å². The molecule has 0 unspecified atom stereocenters. The van der Waals surface area contributed by atoms with Crippen LogP contribution in [0.1, 0.15) is 31.2 Å². The summed E-state index contributed by atoms with van der Waals surface area (Å²) in [5.41, 5.74) is -0.529. The van der Waals surface area contributed by atoms with Crippen LogP contribution in [-0.2, 0) is 14.8 Å². The predicted molar refractivity (Wildman–Crippen MR) is 69.7 cm³/mol. The van der Waals surface area contributed by atoms with Crippen LogP contribution in [-0.4, -0.2) is 42.0 Å². The zero-order chi connectivity index (χ0) is 15.1. The van der Waals surface area contributed by atoms with Gasteiger partial charge in [-0.25, -0.2) is 8.42 Å². The van der Waals surface area contributed by atoms with Crippen LogP contribution in [0.25, 0.3) is 0 Å². The number of nitrogens with zero attached hydrogens (tertiary/aromatic N) is 2. The molecule has 0 atom stereocenters. The van der Waals surface area contributed by atoms with Gasteiger partial charge in [0, 0.05) is 13.1 Å². The van der Waals surface area contributed by atoms with E-state index >= 15 is 0 Å². The Balaban J connectivity index is 2.25. The molecule has 1 aromatic heterocycles. The number of hydrogen-bond acceptors (Lipinski definition) is 5. The summed E-state index contributed by atoms with van der Waals surface area (Å²) in [4.78, 5) is 11.3. The highest BCUT2D eigenvalue weighted by Crippen LogP contribution is 2.34. The van der Waals surface area contributed by atoms with Crippen molar-refractivity contribution in [2.75, 3.05) is 13.1 Å². The molecule has 7 nitrogen and oxygen atoms in total. The summed E-state index contributed by atoms with van der Waals surface area (Å²) in [7, 11) is -3.67. The third-order valence-electron chi connectivity index (χ3n) is 3.91. The van der Waals surface area contributed by atoms with Gasteiger partial charge in [0.15, 0.2) is 5.76 Å². The molecule has 0 aromatic carbocycles.